The van der Waals surface area contributed by atoms with E-state index in [1.54, 1.807) is 30.5 Å². The monoisotopic (exact) mass is 382 g/mol. The normalized spacial score (nSPS) is 12.8. The Morgan fingerprint density at radius 3 is 2.60 bits per heavy atom. The van der Waals surface area contributed by atoms with Crippen molar-refractivity contribution >= 4 is 27.3 Å². The zero-order valence-electron chi connectivity index (χ0n) is 13.7. The highest BCUT2D eigenvalue weighted by Gasteiger charge is 2.27. The molecule has 1 aromatic heterocycles. The van der Waals surface area contributed by atoms with E-state index >= 15 is 0 Å². The lowest BCUT2D eigenvalue weighted by Crippen LogP contribution is -2.41. The van der Waals surface area contributed by atoms with Crippen LogP contribution in [0.2, 0.25) is 0 Å². The summed E-state index contributed by atoms with van der Waals surface area (Å²) in [5.41, 5.74) is 0.728. The first-order chi connectivity index (χ1) is 11.8. The molecule has 2 rings (SSSR count). The molecule has 0 aliphatic rings. The fourth-order valence-corrected chi connectivity index (χ4v) is 4.72. The molecule has 5 nitrogen and oxygen atoms in total. The molecule has 1 amide bonds. The molecule has 1 unspecified atom stereocenters. The molecule has 2 aromatic rings. The highest BCUT2D eigenvalue weighted by atomic mass is 32.2. The SMILES string of the molecule is C=CCN(CC(=O)NC(C)c1ccc(F)cc1)S(=O)(=O)c1cccs1. The van der Waals surface area contributed by atoms with Gasteiger partial charge in [0.2, 0.25) is 5.91 Å². The molecule has 1 atom stereocenters. The van der Waals surface area contributed by atoms with Crippen molar-refractivity contribution in [3.05, 3.63) is 65.8 Å². The smallest absolute Gasteiger partial charge is 0.253 e. The first-order valence-corrected chi connectivity index (χ1v) is 9.86. The van der Waals surface area contributed by atoms with Crippen LogP contribution in [0.1, 0.15) is 18.5 Å². The molecule has 0 saturated carbocycles. The number of rotatable bonds is 8. The molecular weight excluding hydrogens is 363 g/mol. The van der Waals surface area contributed by atoms with Gasteiger partial charge in [0.15, 0.2) is 0 Å². The molecule has 0 aliphatic carbocycles. The number of hydrogen-bond donors (Lipinski definition) is 1. The van der Waals surface area contributed by atoms with Gasteiger partial charge in [-0.3, -0.25) is 4.79 Å². The summed E-state index contributed by atoms with van der Waals surface area (Å²) in [5.74, 6) is -0.805. The summed E-state index contributed by atoms with van der Waals surface area (Å²) in [6, 6.07) is 8.53. The van der Waals surface area contributed by atoms with E-state index in [4.69, 9.17) is 0 Å². The Hall–Kier alpha value is -2.03. The third-order valence-corrected chi connectivity index (χ3v) is 6.67. The van der Waals surface area contributed by atoms with Gasteiger partial charge in [-0.25, -0.2) is 12.8 Å². The van der Waals surface area contributed by atoms with E-state index in [0.717, 1.165) is 21.2 Å². The van der Waals surface area contributed by atoms with E-state index in [1.807, 2.05) is 0 Å². The molecule has 1 N–H and O–H groups in total. The summed E-state index contributed by atoms with van der Waals surface area (Å²) in [7, 11) is -3.75. The van der Waals surface area contributed by atoms with Gasteiger partial charge in [0, 0.05) is 6.54 Å². The predicted octanol–water partition coefficient (Wildman–Crippen LogP) is 2.94. The number of halogens is 1. The van der Waals surface area contributed by atoms with Crippen LogP contribution in [0.25, 0.3) is 0 Å². The minimum atomic E-state index is -3.75. The van der Waals surface area contributed by atoms with Gasteiger partial charge in [0.25, 0.3) is 10.0 Å². The van der Waals surface area contributed by atoms with Crippen LogP contribution >= 0.6 is 11.3 Å². The molecule has 0 radical (unpaired) electrons. The summed E-state index contributed by atoms with van der Waals surface area (Å²) in [5, 5.41) is 4.39. The Labute approximate surface area is 150 Å². The summed E-state index contributed by atoms with van der Waals surface area (Å²) in [6.07, 6.45) is 1.43. The minimum absolute atomic E-state index is 0.0264. The van der Waals surface area contributed by atoms with Crippen molar-refractivity contribution in [1.29, 1.82) is 0 Å². The van der Waals surface area contributed by atoms with Crippen LogP contribution in [0, 0.1) is 5.82 Å². The molecule has 25 heavy (non-hydrogen) atoms. The summed E-state index contributed by atoms with van der Waals surface area (Å²) in [6.45, 7) is 5.00. The number of nitrogens with one attached hydrogen (secondary N) is 1. The molecule has 134 valence electrons. The molecule has 1 heterocycles. The first-order valence-electron chi connectivity index (χ1n) is 7.54. The average molecular weight is 382 g/mol. The van der Waals surface area contributed by atoms with Crippen LogP contribution in [-0.2, 0) is 14.8 Å². The largest absolute Gasteiger partial charge is 0.348 e. The molecule has 1 aromatic carbocycles. The fraction of sp³-hybridized carbons (Fsp3) is 0.235. The van der Waals surface area contributed by atoms with Crippen LogP contribution in [0.5, 0.6) is 0 Å². The van der Waals surface area contributed by atoms with Crippen molar-refractivity contribution < 1.29 is 17.6 Å². The van der Waals surface area contributed by atoms with Crippen LogP contribution in [0.4, 0.5) is 4.39 Å². The minimum Gasteiger partial charge on any atom is -0.348 e. The maximum absolute atomic E-state index is 13.0. The van der Waals surface area contributed by atoms with Crippen molar-refractivity contribution in [3.63, 3.8) is 0 Å². The standard InChI is InChI=1S/C17H19FN2O3S2/c1-3-10-20(25(22,23)17-5-4-11-24-17)12-16(21)19-13(2)14-6-8-15(18)9-7-14/h3-9,11,13H,1,10,12H2,2H3,(H,19,21). The molecular formula is C17H19FN2O3S2. The summed E-state index contributed by atoms with van der Waals surface area (Å²) < 4.78 is 39.4. The maximum Gasteiger partial charge on any atom is 0.253 e. The maximum atomic E-state index is 13.0. The van der Waals surface area contributed by atoms with Gasteiger partial charge < -0.3 is 5.32 Å². The van der Waals surface area contributed by atoms with E-state index in [9.17, 15) is 17.6 Å². The number of amides is 1. The second-order valence-electron chi connectivity index (χ2n) is 5.36. The Morgan fingerprint density at radius 1 is 1.36 bits per heavy atom. The molecule has 0 saturated heterocycles. The fourth-order valence-electron chi connectivity index (χ4n) is 2.21. The van der Waals surface area contributed by atoms with Gasteiger partial charge in [-0.05, 0) is 36.1 Å². The van der Waals surface area contributed by atoms with Gasteiger partial charge in [0.05, 0.1) is 12.6 Å². The van der Waals surface area contributed by atoms with Crippen molar-refractivity contribution in [3.8, 4) is 0 Å². The third kappa shape index (κ3) is 4.97. The number of benzene rings is 1. The highest BCUT2D eigenvalue weighted by Crippen LogP contribution is 2.21. The number of carbonyl (C=O) groups excluding carboxylic acids is 1. The van der Waals surface area contributed by atoms with Gasteiger partial charge in [-0.2, -0.15) is 4.31 Å². The Bertz CT molecular complexity index is 818. The Balaban J connectivity index is 2.07. The lowest BCUT2D eigenvalue weighted by molar-refractivity contribution is -0.121. The first kappa shape index (κ1) is 19.3. The number of thiophene rings is 1. The van der Waals surface area contributed by atoms with E-state index in [0.29, 0.717) is 0 Å². The molecule has 8 heteroatoms. The second-order valence-corrected chi connectivity index (χ2v) is 8.47. The Kier molecular flexibility index (Phi) is 6.46. The van der Waals surface area contributed by atoms with Gasteiger partial charge in [0.1, 0.15) is 10.0 Å². The van der Waals surface area contributed by atoms with Gasteiger partial charge in [-0.1, -0.05) is 24.3 Å². The number of sulfonamides is 1. The van der Waals surface area contributed by atoms with Gasteiger partial charge >= 0.3 is 0 Å². The lowest BCUT2D eigenvalue weighted by Gasteiger charge is -2.21. The van der Waals surface area contributed by atoms with Crippen LogP contribution in [0.3, 0.4) is 0 Å². The summed E-state index contributed by atoms with van der Waals surface area (Å²) >= 11 is 1.09. The van der Waals surface area contributed by atoms with Crippen LogP contribution < -0.4 is 5.32 Å². The highest BCUT2D eigenvalue weighted by molar-refractivity contribution is 7.91. The average Bonchev–Trinajstić information content (AvgIpc) is 3.10. The predicted molar refractivity (Wildman–Crippen MR) is 96.2 cm³/mol. The molecule has 0 bridgehead atoms. The van der Waals surface area contributed by atoms with Crippen molar-refractivity contribution in [2.45, 2.75) is 17.2 Å². The molecule has 0 spiro atoms. The van der Waals surface area contributed by atoms with Crippen molar-refractivity contribution in [2.24, 2.45) is 0 Å². The topological polar surface area (TPSA) is 66.5 Å². The lowest BCUT2D eigenvalue weighted by atomic mass is 10.1. The third-order valence-electron chi connectivity index (χ3n) is 3.49. The number of hydrogen-bond acceptors (Lipinski definition) is 4. The number of nitrogens with zero attached hydrogens (tertiary/aromatic N) is 1. The number of carbonyl (C=O) groups is 1. The van der Waals surface area contributed by atoms with E-state index in [1.165, 1.54) is 24.3 Å². The zero-order chi connectivity index (χ0) is 18.4. The molecule has 0 fully saturated rings. The van der Waals surface area contributed by atoms with E-state index < -0.39 is 15.9 Å². The van der Waals surface area contributed by atoms with Crippen molar-refractivity contribution in [2.75, 3.05) is 13.1 Å². The van der Waals surface area contributed by atoms with Crippen LogP contribution in [0.15, 0.2) is 58.6 Å². The quantitative estimate of drug-likeness (QED) is 0.714. The van der Waals surface area contributed by atoms with Crippen LogP contribution in [-0.4, -0.2) is 31.7 Å². The summed E-state index contributed by atoms with van der Waals surface area (Å²) in [4.78, 5) is 12.3. The van der Waals surface area contributed by atoms with E-state index in [-0.39, 0.29) is 29.2 Å². The van der Waals surface area contributed by atoms with E-state index in [2.05, 4.69) is 11.9 Å². The van der Waals surface area contributed by atoms with Gasteiger partial charge in [-0.15, -0.1) is 17.9 Å². The Morgan fingerprint density at radius 2 is 2.04 bits per heavy atom. The second kappa shape index (κ2) is 8.37. The van der Waals surface area contributed by atoms with Crippen molar-refractivity contribution in [1.82, 2.24) is 9.62 Å². The zero-order valence-corrected chi connectivity index (χ0v) is 15.3. The molecule has 0 aliphatic heterocycles.